The number of carbonyl (C=O) groups is 1. The number of carbonyl (C=O) groups excluding carboxylic acids is 1. The van der Waals surface area contributed by atoms with Crippen LogP contribution in [0.2, 0.25) is 5.02 Å². The Balaban J connectivity index is 0.00000288. The Morgan fingerprint density at radius 1 is 1.38 bits per heavy atom. The highest BCUT2D eigenvalue weighted by molar-refractivity contribution is 7.89. The van der Waals surface area contributed by atoms with Gasteiger partial charge in [-0.25, -0.2) is 8.42 Å². The Hall–Kier alpha value is -0.860. The average molecular weight is 396 g/mol. The van der Waals surface area contributed by atoms with Gasteiger partial charge in [0, 0.05) is 24.7 Å². The van der Waals surface area contributed by atoms with Crippen LogP contribution in [0.5, 0.6) is 0 Å². The SMILES string of the molecule is CC1CC(CN)CN1C(=O)CN(C)S(=O)(=O)c1ccc(Cl)cc1.Cl. The second-order valence-corrected chi connectivity index (χ2v) is 8.43. The molecule has 2 rings (SSSR count). The van der Waals surface area contributed by atoms with Gasteiger partial charge in [0.25, 0.3) is 0 Å². The monoisotopic (exact) mass is 395 g/mol. The van der Waals surface area contributed by atoms with Crippen LogP contribution in [0.1, 0.15) is 13.3 Å². The number of hydrogen-bond donors (Lipinski definition) is 1. The van der Waals surface area contributed by atoms with Crippen LogP contribution in [-0.2, 0) is 14.8 Å². The van der Waals surface area contributed by atoms with E-state index in [1.165, 1.54) is 31.3 Å². The average Bonchev–Trinajstić information content (AvgIpc) is 2.88. The third-order valence-corrected chi connectivity index (χ3v) is 6.26. The molecule has 24 heavy (non-hydrogen) atoms. The third kappa shape index (κ3) is 4.61. The van der Waals surface area contributed by atoms with E-state index in [0.29, 0.717) is 18.1 Å². The minimum absolute atomic E-state index is 0. The number of likely N-dealkylation sites (tertiary alicyclic amines) is 1. The molecule has 6 nitrogen and oxygen atoms in total. The first-order valence-corrected chi connectivity index (χ1v) is 9.29. The van der Waals surface area contributed by atoms with E-state index in [1.807, 2.05) is 6.92 Å². The molecule has 2 N–H and O–H groups in total. The lowest BCUT2D eigenvalue weighted by Crippen LogP contribution is -2.42. The molecule has 0 radical (unpaired) electrons. The van der Waals surface area contributed by atoms with Crippen molar-refractivity contribution in [2.45, 2.75) is 24.3 Å². The standard InChI is InChI=1S/C15H22ClN3O3S.ClH/c1-11-7-12(8-17)9-19(11)15(20)10-18(2)23(21,22)14-5-3-13(16)4-6-14;/h3-6,11-12H,7-10,17H2,1-2H3;1H. The van der Waals surface area contributed by atoms with Gasteiger partial charge in [-0.3, -0.25) is 4.79 Å². The first-order valence-electron chi connectivity index (χ1n) is 7.47. The van der Waals surface area contributed by atoms with Gasteiger partial charge in [-0.15, -0.1) is 12.4 Å². The highest BCUT2D eigenvalue weighted by Gasteiger charge is 2.33. The predicted octanol–water partition coefficient (Wildman–Crippen LogP) is 1.58. The van der Waals surface area contributed by atoms with Gasteiger partial charge >= 0.3 is 0 Å². The normalized spacial score (nSPS) is 21.0. The molecule has 0 bridgehead atoms. The quantitative estimate of drug-likeness (QED) is 0.819. The summed E-state index contributed by atoms with van der Waals surface area (Å²) in [5, 5.41) is 0.460. The molecule has 1 aromatic rings. The van der Waals surface area contributed by atoms with E-state index < -0.39 is 10.0 Å². The van der Waals surface area contributed by atoms with E-state index in [-0.39, 0.29) is 41.7 Å². The molecule has 1 aromatic carbocycles. The summed E-state index contributed by atoms with van der Waals surface area (Å²) in [7, 11) is -2.31. The van der Waals surface area contributed by atoms with Crippen LogP contribution in [0.25, 0.3) is 0 Å². The smallest absolute Gasteiger partial charge is 0.243 e. The van der Waals surface area contributed by atoms with Crippen molar-refractivity contribution in [1.82, 2.24) is 9.21 Å². The molecule has 1 amide bonds. The molecular weight excluding hydrogens is 373 g/mol. The minimum Gasteiger partial charge on any atom is -0.339 e. The van der Waals surface area contributed by atoms with E-state index in [4.69, 9.17) is 17.3 Å². The predicted molar refractivity (Wildman–Crippen MR) is 96.9 cm³/mol. The Kier molecular flexibility index (Phi) is 7.49. The van der Waals surface area contributed by atoms with Crippen molar-refractivity contribution in [2.75, 3.05) is 26.7 Å². The number of likely N-dealkylation sites (N-methyl/N-ethyl adjacent to an activating group) is 1. The van der Waals surface area contributed by atoms with Crippen molar-refractivity contribution < 1.29 is 13.2 Å². The van der Waals surface area contributed by atoms with Crippen molar-refractivity contribution in [3.8, 4) is 0 Å². The van der Waals surface area contributed by atoms with E-state index in [9.17, 15) is 13.2 Å². The molecule has 1 fully saturated rings. The molecular formula is C15H23Cl2N3O3S. The van der Waals surface area contributed by atoms with Crippen LogP contribution in [0.15, 0.2) is 29.2 Å². The van der Waals surface area contributed by atoms with E-state index in [1.54, 1.807) is 4.90 Å². The molecule has 2 atom stereocenters. The van der Waals surface area contributed by atoms with E-state index >= 15 is 0 Å². The summed E-state index contributed by atoms with van der Waals surface area (Å²) in [6.07, 6.45) is 0.857. The number of halogens is 2. The Morgan fingerprint density at radius 2 is 1.96 bits per heavy atom. The molecule has 1 aliphatic rings. The molecule has 0 saturated carbocycles. The fraction of sp³-hybridized carbons (Fsp3) is 0.533. The Labute approximate surface area is 154 Å². The van der Waals surface area contributed by atoms with E-state index in [0.717, 1.165) is 10.7 Å². The van der Waals surface area contributed by atoms with Crippen molar-refractivity contribution in [1.29, 1.82) is 0 Å². The number of rotatable bonds is 5. The van der Waals surface area contributed by atoms with Crippen LogP contribution >= 0.6 is 24.0 Å². The molecule has 1 saturated heterocycles. The number of nitrogens with zero attached hydrogens (tertiary/aromatic N) is 2. The first-order chi connectivity index (χ1) is 10.8. The van der Waals surface area contributed by atoms with Crippen molar-refractivity contribution in [2.24, 2.45) is 11.7 Å². The van der Waals surface area contributed by atoms with E-state index in [2.05, 4.69) is 0 Å². The summed E-state index contributed by atoms with van der Waals surface area (Å²) in [5.41, 5.74) is 5.66. The lowest BCUT2D eigenvalue weighted by Gasteiger charge is -2.24. The Morgan fingerprint density at radius 3 is 2.46 bits per heavy atom. The number of nitrogens with two attached hydrogens (primary N) is 1. The van der Waals surface area contributed by atoms with Gasteiger partial charge in [0.1, 0.15) is 0 Å². The van der Waals surface area contributed by atoms with Gasteiger partial charge in [0.15, 0.2) is 0 Å². The number of amides is 1. The molecule has 9 heteroatoms. The maximum atomic E-state index is 12.5. The zero-order valence-corrected chi connectivity index (χ0v) is 16.1. The van der Waals surface area contributed by atoms with Gasteiger partial charge in [-0.05, 0) is 50.1 Å². The van der Waals surface area contributed by atoms with Gasteiger partial charge in [-0.1, -0.05) is 11.6 Å². The summed E-state index contributed by atoms with van der Waals surface area (Å²) in [6, 6.07) is 5.97. The number of hydrogen-bond acceptors (Lipinski definition) is 4. The zero-order valence-electron chi connectivity index (χ0n) is 13.7. The summed E-state index contributed by atoms with van der Waals surface area (Å²) in [4.78, 5) is 14.2. The molecule has 0 aromatic heterocycles. The molecule has 1 aliphatic heterocycles. The highest BCUT2D eigenvalue weighted by Crippen LogP contribution is 2.23. The van der Waals surface area contributed by atoms with Gasteiger partial charge in [0.2, 0.25) is 15.9 Å². The summed E-state index contributed by atoms with van der Waals surface area (Å²) in [5.74, 6) is 0.0839. The minimum atomic E-state index is -3.71. The largest absolute Gasteiger partial charge is 0.339 e. The van der Waals surface area contributed by atoms with Crippen LogP contribution in [0, 0.1) is 5.92 Å². The maximum absolute atomic E-state index is 12.5. The summed E-state index contributed by atoms with van der Waals surface area (Å²) < 4.78 is 26.0. The first kappa shape index (κ1) is 21.2. The van der Waals surface area contributed by atoms with Gasteiger partial charge in [0.05, 0.1) is 11.4 Å². The van der Waals surface area contributed by atoms with Gasteiger partial charge < -0.3 is 10.6 Å². The van der Waals surface area contributed by atoms with Crippen molar-refractivity contribution >= 4 is 39.9 Å². The third-order valence-electron chi connectivity index (χ3n) is 4.19. The highest BCUT2D eigenvalue weighted by atomic mass is 35.5. The zero-order chi connectivity index (χ0) is 17.2. The molecule has 1 heterocycles. The fourth-order valence-corrected chi connectivity index (χ4v) is 4.06. The molecule has 2 unspecified atom stereocenters. The lowest BCUT2D eigenvalue weighted by molar-refractivity contribution is -0.131. The van der Waals surface area contributed by atoms with Crippen molar-refractivity contribution in [3.63, 3.8) is 0 Å². The number of benzene rings is 1. The fourth-order valence-electron chi connectivity index (χ4n) is 2.81. The van der Waals surface area contributed by atoms with Gasteiger partial charge in [-0.2, -0.15) is 4.31 Å². The second-order valence-electron chi connectivity index (χ2n) is 5.95. The lowest BCUT2D eigenvalue weighted by atomic mass is 10.1. The molecule has 136 valence electrons. The van der Waals surface area contributed by atoms with Crippen LogP contribution in [-0.4, -0.2) is 56.3 Å². The van der Waals surface area contributed by atoms with Crippen LogP contribution in [0.4, 0.5) is 0 Å². The van der Waals surface area contributed by atoms with Crippen molar-refractivity contribution in [3.05, 3.63) is 29.3 Å². The summed E-state index contributed by atoms with van der Waals surface area (Å²) in [6.45, 7) is 2.90. The summed E-state index contributed by atoms with van der Waals surface area (Å²) >= 11 is 5.78. The van der Waals surface area contributed by atoms with Crippen LogP contribution < -0.4 is 5.73 Å². The Bertz CT molecular complexity index is 667. The molecule has 0 spiro atoms. The van der Waals surface area contributed by atoms with Crippen LogP contribution in [0.3, 0.4) is 0 Å². The molecule has 0 aliphatic carbocycles. The number of sulfonamides is 1. The second kappa shape index (κ2) is 8.49. The topological polar surface area (TPSA) is 83.7 Å². The maximum Gasteiger partial charge on any atom is 0.243 e.